The summed E-state index contributed by atoms with van der Waals surface area (Å²) < 4.78 is 0. The average Bonchev–Trinajstić information content (AvgIpc) is 2.19. The van der Waals surface area contributed by atoms with Gasteiger partial charge >= 0.3 is 0 Å². The van der Waals surface area contributed by atoms with E-state index < -0.39 is 0 Å². The number of hydrogen-bond acceptors (Lipinski definition) is 2. The first kappa shape index (κ1) is 11.0. The van der Waals surface area contributed by atoms with Crippen LogP contribution in [0.15, 0.2) is 36.7 Å². The lowest BCUT2D eigenvalue weighted by molar-refractivity contribution is 0.977. The number of nitrogens with zero attached hydrogens (tertiary/aromatic N) is 1. The fraction of sp³-hybridized carbons (Fsp3) is 0.182. The molecule has 2 rings (SSSR count). The summed E-state index contributed by atoms with van der Waals surface area (Å²) in [4.78, 5) is 4.08. The largest absolute Gasteiger partial charge is 0.330 e. The Morgan fingerprint density at radius 1 is 1.21 bits per heavy atom. The minimum atomic E-state index is 0. The van der Waals surface area contributed by atoms with E-state index in [1.54, 1.807) is 0 Å². The molecule has 0 amide bonds. The third-order valence-electron chi connectivity index (χ3n) is 2.18. The first-order valence-electron chi connectivity index (χ1n) is 4.43. The first-order chi connectivity index (χ1) is 6.42. The third-order valence-corrected chi connectivity index (χ3v) is 2.18. The Labute approximate surface area is 89.6 Å². The van der Waals surface area contributed by atoms with E-state index in [4.69, 9.17) is 5.73 Å². The van der Waals surface area contributed by atoms with Crippen molar-refractivity contribution in [2.45, 2.75) is 6.42 Å². The number of fused-ring (bicyclic) bond motifs is 1. The Kier molecular flexibility index (Phi) is 3.86. The Morgan fingerprint density at radius 3 is 2.86 bits per heavy atom. The van der Waals surface area contributed by atoms with Crippen molar-refractivity contribution in [2.24, 2.45) is 5.73 Å². The molecule has 0 fully saturated rings. The van der Waals surface area contributed by atoms with Gasteiger partial charge in [0, 0.05) is 17.8 Å². The molecular weight excluding hydrogens is 196 g/mol. The zero-order valence-corrected chi connectivity index (χ0v) is 8.63. The Balaban J connectivity index is 0.000000980. The number of halogens is 1. The van der Waals surface area contributed by atoms with Crippen LogP contribution in [0, 0.1) is 0 Å². The summed E-state index contributed by atoms with van der Waals surface area (Å²) in [5, 5.41) is 2.46. The van der Waals surface area contributed by atoms with Crippen molar-refractivity contribution in [3.05, 3.63) is 42.2 Å². The van der Waals surface area contributed by atoms with Crippen molar-refractivity contribution in [1.29, 1.82) is 0 Å². The second-order valence-corrected chi connectivity index (χ2v) is 3.05. The van der Waals surface area contributed by atoms with Crippen LogP contribution in [-0.2, 0) is 6.42 Å². The summed E-state index contributed by atoms with van der Waals surface area (Å²) in [5.74, 6) is 0. The van der Waals surface area contributed by atoms with Crippen molar-refractivity contribution >= 4 is 23.2 Å². The topological polar surface area (TPSA) is 38.9 Å². The number of hydrogen-bond donors (Lipinski definition) is 1. The zero-order valence-electron chi connectivity index (χ0n) is 7.81. The molecule has 74 valence electrons. The molecule has 0 radical (unpaired) electrons. The van der Waals surface area contributed by atoms with Crippen molar-refractivity contribution in [3.8, 4) is 0 Å². The van der Waals surface area contributed by atoms with Crippen LogP contribution in [0.2, 0.25) is 0 Å². The monoisotopic (exact) mass is 208 g/mol. The lowest BCUT2D eigenvalue weighted by atomic mass is 10.0. The lowest BCUT2D eigenvalue weighted by Gasteiger charge is -2.03. The zero-order chi connectivity index (χ0) is 9.10. The second kappa shape index (κ2) is 4.94. The van der Waals surface area contributed by atoms with E-state index in [0.717, 1.165) is 6.42 Å². The number of pyridine rings is 1. The summed E-state index contributed by atoms with van der Waals surface area (Å²) >= 11 is 0. The third kappa shape index (κ3) is 2.03. The van der Waals surface area contributed by atoms with Crippen molar-refractivity contribution in [1.82, 2.24) is 4.98 Å². The molecular formula is C11H13ClN2. The van der Waals surface area contributed by atoms with Gasteiger partial charge in [0.05, 0.1) is 0 Å². The summed E-state index contributed by atoms with van der Waals surface area (Å²) in [6, 6.07) is 8.28. The van der Waals surface area contributed by atoms with Crippen LogP contribution in [0.25, 0.3) is 10.8 Å². The maximum absolute atomic E-state index is 5.54. The molecule has 2 nitrogen and oxygen atoms in total. The molecule has 1 heterocycles. The van der Waals surface area contributed by atoms with Crippen molar-refractivity contribution in [3.63, 3.8) is 0 Å². The first-order valence-corrected chi connectivity index (χ1v) is 4.43. The highest BCUT2D eigenvalue weighted by molar-refractivity contribution is 5.85. The molecule has 0 atom stereocenters. The van der Waals surface area contributed by atoms with E-state index in [1.165, 1.54) is 16.3 Å². The van der Waals surface area contributed by atoms with Gasteiger partial charge < -0.3 is 5.73 Å². The predicted octanol–water partition coefficient (Wildman–Crippen LogP) is 2.16. The molecule has 1 aromatic heterocycles. The Morgan fingerprint density at radius 2 is 2.07 bits per heavy atom. The normalized spacial score (nSPS) is 9.79. The van der Waals surface area contributed by atoms with Gasteiger partial charge in [-0.3, -0.25) is 4.98 Å². The van der Waals surface area contributed by atoms with Gasteiger partial charge in [-0.05, 0) is 30.0 Å². The molecule has 0 saturated carbocycles. The van der Waals surface area contributed by atoms with E-state index in [2.05, 4.69) is 23.2 Å². The molecule has 2 aromatic rings. The molecule has 3 heteroatoms. The minimum Gasteiger partial charge on any atom is -0.330 e. The van der Waals surface area contributed by atoms with Crippen molar-refractivity contribution in [2.75, 3.05) is 6.54 Å². The van der Waals surface area contributed by atoms with Gasteiger partial charge in [0.25, 0.3) is 0 Å². The molecule has 2 N–H and O–H groups in total. The van der Waals surface area contributed by atoms with Crippen LogP contribution < -0.4 is 5.73 Å². The maximum Gasteiger partial charge on any atom is 0.0346 e. The van der Waals surface area contributed by atoms with Gasteiger partial charge in [-0.25, -0.2) is 0 Å². The molecule has 0 spiro atoms. The maximum atomic E-state index is 5.54. The molecule has 0 aliphatic carbocycles. The van der Waals surface area contributed by atoms with E-state index in [1.807, 2.05) is 18.5 Å². The summed E-state index contributed by atoms with van der Waals surface area (Å²) in [5.41, 5.74) is 6.84. The van der Waals surface area contributed by atoms with E-state index in [-0.39, 0.29) is 12.4 Å². The summed E-state index contributed by atoms with van der Waals surface area (Å²) in [7, 11) is 0. The van der Waals surface area contributed by atoms with Crippen LogP contribution in [0.5, 0.6) is 0 Å². The van der Waals surface area contributed by atoms with Gasteiger partial charge in [0.1, 0.15) is 0 Å². The number of aromatic nitrogens is 1. The molecule has 0 aliphatic rings. The van der Waals surface area contributed by atoms with Gasteiger partial charge in [-0.1, -0.05) is 18.2 Å². The summed E-state index contributed by atoms with van der Waals surface area (Å²) in [6.45, 7) is 0.696. The van der Waals surface area contributed by atoms with Crippen LogP contribution in [0.3, 0.4) is 0 Å². The molecule has 14 heavy (non-hydrogen) atoms. The van der Waals surface area contributed by atoms with Crippen LogP contribution in [-0.4, -0.2) is 11.5 Å². The molecule has 0 aliphatic heterocycles. The Bertz CT molecular complexity index is 409. The second-order valence-electron chi connectivity index (χ2n) is 3.05. The number of benzene rings is 1. The minimum absolute atomic E-state index is 0. The fourth-order valence-corrected chi connectivity index (χ4v) is 1.56. The van der Waals surface area contributed by atoms with Crippen LogP contribution in [0.4, 0.5) is 0 Å². The Hall–Kier alpha value is -1.12. The molecule has 0 unspecified atom stereocenters. The predicted molar refractivity (Wildman–Crippen MR) is 61.7 cm³/mol. The van der Waals surface area contributed by atoms with E-state index in [9.17, 15) is 0 Å². The van der Waals surface area contributed by atoms with Crippen molar-refractivity contribution < 1.29 is 0 Å². The van der Waals surface area contributed by atoms with Gasteiger partial charge in [0.15, 0.2) is 0 Å². The van der Waals surface area contributed by atoms with Crippen LogP contribution >= 0.6 is 12.4 Å². The van der Waals surface area contributed by atoms with Gasteiger partial charge in [0.2, 0.25) is 0 Å². The standard InChI is InChI=1S/C11H12N2.ClH/c12-6-4-9-2-1-3-10-8-13-7-5-11(9)10;/h1-3,5,7-8H,4,6,12H2;1H. The molecule has 0 saturated heterocycles. The highest BCUT2D eigenvalue weighted by Gasteiger charge is 1.98. The smallest absolute Gasteiger partial charge is 0.0346 e. The quantitative estimate of drug-likeness (QED) is 0.822. The van der Waals surface area contributed by atoms with Gasteiger partial charge in [-0.15, -0.1) is 12.4 Å². The van der Waals surface area contributed by atoms with Gasteiger partial charge in [-0.2, -0.15) is 0 Å². The van der Waals surface area contributed by atoms with Crippen LogP contribution in [0.1, 0.15) is 5.56 Å². The molecule has 1 aromatic carbocycles. The number of rotatable bonds is 2. The molecule has 0 bridgehead atoms. The highest BCUT2D eigenvalue weighted by atomic mass is 35.5. The summed E-state index contributed by atoms with van der Waals surface area (Å²) in [6.07, 6.45) is 4.64. The SMILES string of the molecule is Cl.NCCc1cccc2cnccc12. The van der Waals surface area contributed by atoms with E-state index in [0.29, 0.717) is 6.54 Å². The average molecular weight is 209 g/mol. The van der Waals surface area contributed by atoms with E-state index >= 15 is 0 Å². The lowest BCUT2D eigenvalue weighted by Crippen LogP contribution is -2.02. The fourth-order valence-electron chi connectivity index (χ4n) is 1.56. The highest BCUT2D eigenvalue weighted by Crippen LogP contribution is 2.17. The number of nitrogens with two attached hydrogens (primary N) is 1.